The standard InChI is InChI=1S/C17H25BrN2O2/c1-4-5-6-10-19-17(22)9-11-20(14(3)21)15-8-7-13(2)16(18)12-15/h7-8,12H,4-6,9-11H2,1-3H3,(H,19,22). The molecule has 0 heterocycles. The Morgan fingerprint density at radius 3 is 2.59 bits per heavy atom. The smallest absolute Gasteiger partial charge is 0.223 e. The van der Waals surface area contributed by atoms with Crippen molar-refractivity contribution < 1.29 is 9.59 Å². The minimum absolute atomic E-state index is 0.00599. The lowest BCUT2D eigenvalue weighted by molar-refractivity contribution is -0.121. The van der Waals surface area contributed by atoms with Crippen LogP contribution in [-0.2, 0) is 9.59 Å². The van der Waals surface area contributed by atoms with Crippen LogP contribution in [0.1, 0.15) is 45.1 Å². The van der Waals surface area contributed by atoms with Gasteiger partial charge in [-0.2, -0.15) is 0 Å². The molecule has 0 spiro atoms. The number of unbranched alkanes of at least 4 members (excludes halogenated alkanes) is 2. The summed E-state index contributed by atoms with van der Waals surface area (Å²) < 4.78 is 0.959. The molecule has 0 saturated carbocycles. The third kappa shape index (κ3) is 6.18. The second kappa shape index (κ2) is 9.62. The number of hydrogen-bond acceptors (Lipinski definition) is 2. The van der Waals surface area contributed by atoms with Gasteiger partial charge in [0.15, 0.2) is 0 Å². The van der Waals surface area contributed by atoms with Gasteiger partial charge in [0, 0.05) is 36.6 Å². The minimum atomic E-state index is -0.0606. The van der Waals surface area contributed by atoms with E-state index in [0.29, 0.717) is 19.5 Å². The number of benzene rings is 1. The summed E-state index contributed by atoms with van der Waals surface area (Å²) in [6.07, 6.45) is 3.58. The first-order chi connectivity index (χ1) is 10.5. The fourth-order valence-corrected chi connectivity index (χ4v) is 2.49. The summed E-state index contributed by atoms with van der Waals surface area (Å²) in [6.45, 7) is 6.75. The Bertz CT molecular complexity index is 517. The van der Waals surface area contributed by atoms with Crippen molar-refractivity contribution in [2.24, 2.45) is 0 Å². The Hall–Kier alpha value is -1.36. The lowest BCUT2D eigenvalue weighted by atomic mass is 10.2. The Morgan fingerprint density at radius 2 is 2.00 bits per heavy atom. The van der Waals surface area contributed by atoms with Crippen LogP contribution in [0.5, 0.6) is 0 Å². The zero-order valence-corrected chi connectivity index (χ0v) is 15.2. The number of rotatable bonds is 8. The van der Waals surface area contributed by atoms with Gasteiger partial charge < -0.3 is 10.2 Å². The molecule has 0 unspecified atom stereocenters. The molecule has 1 rings (SSSR count). The molecule has 1 aromatic carbocycles. The molecule has 22 heavy (non-hydrogen) atoms. The molecule has 122 valence electrons. The lowest BCUT2D eigenvalue weighted by Crippen LogP contribution is -2.34. The normalized spacial score (nSPS) is 10.4. The molecule has 2 amide bonds. The quantitative estimate of drug-likeness (QED) is 0.709. The summed E-state index contributed by atoms with van der Waals surface area (Å²) in [5.74, 6) is -0.0666. The highest BCUT2D eigenvalue weighted by atomic mass is 79.9. The molecule has 4 nitrogen and oxygen atoms in total. The Kier molecular flexibility index (Phi) is 8.17. The molecule has 5 heteroatoms. The molecule has 0 aliphatic carbocycles. The number of halogens is 1. The molecule has 0 saturated heterocycles. The van der Waals surface area contributed by atoms with E-state index >= 15 is 0 Å². The third-order valence-electron chi connectivity index (χ3n) is 3.51. The molecular formula is C17H25BrN2O2. The summed E-state index contributed by atoms with van der Waals surface area (Å²) in [5, 5.41) is 2.90. The maximum Gasteiger partial charge on any atom is 0.223 e. The number of aryl methyl sites for hydroxylation is 1. The number of nitrogens with one attached hydrogen (secondary N) is 1. The van der Waals surface area contributed by atoms with E-state index in [1.54, 1.807) is 4.90 Å². The zero-order valence-electron chi connectivity index (χ0n) is 13.6. The largest absolute Gasteiger partial charge is 0.356 e. The van der Waals surface area contributed by atoms with Gasteiger partial charge in [-0.1, -0.05) is 41.8 Å². The molecule has 0 radical (unpaired) electrons. The summed E-state index contributed by atoms with van der Waals surface area (Å²) in [5.41, 5.74) is 1.92. The van der Waals surface area contributed by atoms with Gasteiger partial charge in [0.25, 0.3) is 0 Å². The summed E-state index contributed by atoms with van der Waals surface area (Å²) >= 11 is 3.48. The van der Waals surface area contributed by atoms with Crippen LogP contribution in [0.25, 0.3) is 0 Å². The maximum atomic E-state index is 11.8. The Balaban J connectivity index is 2.56. The summed E-state index contributed by atoms with van der Waals surface area (Å²) in [7, 11) is 0. The first-order valence-electron chi connectivity index (χ1n) is 7.76. The first kappa shape index (κ1) is 18.7. The van der Waals surface area contributed by atoms with E-state index < -0.39 is 0 Å². The predicted octanol–water partition coefficient (Wildman–Crippen LogP) is 3.81. The molecule has 0 aliphatic heterocycles. The number of carbonyl (C=O) groups is 2. The molecule has 0 fully saturated rings. The van der Waals surface area contributed by atoms with E-state index in [4.69, 9.17) is 0 Å². The minimum Gasteiger partial charge on any atom is -0.356 e. The number of amides is 2. The van der Waals surface area contributed by atoms with E-state index in [2.05, 4.69) is 28.2 Å². The van der Waals surface area contributed by atoms with Gasteiger partial charge in [-0.3, -0.25) is 9.59 Å². The van der Waals surface area contributed by atoms with Crippen LogP contribution in [-0.4, -0.2) is 24.9 Å². The van der Waals surface area contributed by atoms with Crippen LogP contribution in [0, 0.1) is 6.92 Å². The van der Waals surface area contributed by atoms with Crippen molar-refractivity contribution in [1.29, 1.82) is 0 Å². The SMILES string of the molecule is CCCCCNC(=O)CCN(C(C)=O)c1ccc(C)c(Br)c1. The fraction of sp³-hybridized carbons (Fsp3) is 0.529. The van der Waals surface area contributed by atoms with Crippen molar-refractivity contribution >= 4 is 33.4 Å². The van der Waals surface area contributed by atoms with Crippen LogP contribution < -0.4 is 10.2 Å². The van der Waals surface area contributed by atoms with Crippen molar-refractivity contribution in [3.63, 3.8) is 0 Å². The molecule has 0 atom stereocenters. The monoisotopic (exact) mass is 368 g/mol. The van der Waals surface area contributed by atoms with Gasteiger partial charge in [0.2, 0.25) is 11.8 Å². The predicted molar refractivity (Wildman–Crippen MR) is 94.1 cm³/mol. The van der Waals surface area contributed by atoms with Crippen molar-refractivity contribution in [1.82, 2.24) is 5.32 Å². The summed E-state index contributed by atoms with van der Waals surface area (Å²) in [6, 6.07) is 5.77. The van der Waals surface area contributed by atoms with E-state index in [0.717, 1.165) is 35.0 Å². The van der Waals surface area contributed by atoms with Gasteiger partial charge in [0.1, 0.15) is 0 Å². The van der Waals surface area contributed by atoms with Crippen LogP contribution >= 0.6 is 15.9 Å². The average Bonchev–Trinajstić information content (AvgIpc) is 2.47. The molecule has 0 aromatic heterocycles. The van der Waals surface area contributed by atoms with E-state index in [9.17, 15) is 9.59 Å². The highest BCUT2D eigenvalue weighted by molar-refractivity contribution is 9.10. The number of anilines is 1. The maximum absolute atomic E-state index is 11.8. The third-order valence-corrected chi connectivity index (χ3v) is 4.37. The number of carbonyl (C=O) groups excluding carboxylic acids is 2. The molecule has 0 aliphatic rings. The van der Waals surface area contributed by atoms with Crippen molar-refractivity contribution in [2.45, 2.75) is 46.5 Å². The van der Waals surface area contributed by atoms with Gasteiger partial charge in [-0.15, -0.1) is 0 Å². The molecule has 1 aromatic rings. The molecule has 1 N–H and O–H groups in total. The van der Waals surface area contributed by atoms with Crippen molar-refractivity contribution in [3.05, 3.63) is 28.2 Å². The first-order valence-corrected chi connectivity index (χ1v) is 8.56. The van der Waals surface area contributed by atoms with E-state index in [1.807, 2.05) is 25.1 Å². The number of hydrogen-bond donors (Lipinski definition) is 1. The molecular weight excluding hydrogens is 344 g/mol. The van der Waals surface area contributed by atoms with Gasteiger partial charge in [-0.05, 0) is 31.0 Å². The van der Waals surface area contributed by atoms with Gasteiger partial charge in [-0.25, -0.2) is 0 Å². The zero-order chi connectivity index (χ0) is 16.5. The van der Waals surface area contributed by atoms with Crippen molar-refractivity contribution in [3.8, 4) is 0 Å². The Labute approximate surface area is 141 Å². The average molecular weight is 369 g/mol. The van der Waals surface area contributed by atoms with Gasteiger partial charge in [0.05, 0.1) is 0 Å². The van der Waals surface area contributed by atoms with Crippen LogP contribution in [0.15, 0.2) is 22.7 Å². The van der Waals surface area contributed by atoms with Crippen LogP contribution in [0.2, 0.25) is 0 Å². The second-order valence-corrected chi connectivity index (χ2v) is 6.27. The molecule has 0 bridgehead atoms. The highest BCUT2D eigenvalue weighted by Gasteiger charge is 2.14. The highest BCUT2D eigenvalue weighted by Crippen LogP contribution is 2.23. The van der Waals surface area contributed by atoms with Crippen LogP contribution in [0.4, 0.5) is 5.69 Å². The second-order valence-electron chi connectivity index (χ2n) is 5.41. The van der Waals surface area contributed by atoms with E-state index in [1.165, 1.54) is 6.92 Å². The fourth-order valence-electron chi connectivity index (χ4n) is 2.12. The number of nitrogens with zero attached hydrogens (tertiary/aromatic N) is 1. The van der Waals surface area contributed by atoms with Crippen LogP contribution in [0.3, 0.4) is 0 Å². The summed E-state index contributed by atoms with van der Waals surface area (Å²) in [4.78, 5) is 25.3. The van der Waals surface area contributed by atoms with E-state index in [-0.39, 0.29) is 11.8 Å². The van der Waals surface area contributed by atoms with Gasteiger partial charge >= 0.3 is 0 Å². The lowest BCUT2D eigenvalue weighted by Gasteiger charge is -2.21. The van der Waals surface area contributed by atoms with Crippen molar-refractivity contribution in [2.75, 3.05) is 18.0 Å². The topological polar surface area (TPSA) is 49.4 Å². The Morgan fingerprint density at radius 1 is 1.27 bits per heavy atom.